The maximum absolute atomic E-state index is 13.4. The number of rotatable bonds is 8. The molecule has 0 unspecified atom stereocenters. The summed E-state index contributed by atoms with van der Waals surface area (Å²) in [5.74, 6) is 0.157. The topological polar surface area (TPSA) is 150 Å². The Morgan fingerprint density at radius 1 is 0.794 bits per heavy atom. The maximum Gasteiger partial charge on any atom is 0.274 e. The molecule has 182 valence electrons. The van der Waals surface area contributed by atoms with Crippen molar-refractivity contribution >= 4 is 41.5 Å². The summed E-state index contributed by atoms with van der Waals surface area (Å²) in [6, 6.07) is 13.6. The quantitative estimate of drug-likeness (QED) is 0.442. The minimum atomic E-state index is -4.30. The van der Waals surface area contributed by atoms with Gasteiger partial charge in [0.05, 0.1) is 26.7 Å². The molecule has 13 heteroatoms. The fourth-order valence-corrected chi connectivity index (χ4v) is 7.25. The monoisotopic (exact) mass is 544 g/mol. The van der Waals surface area contributed by atoms with Gasteiger partial charge >= 0.3 is 0 Å². The average molecular weight is 545 g/mol. The summed E-state index contributed by atoms with van der Waals surface area (Å²) in [4.78, 5) is -1.22. The SMILES string of the molecule is COc1ccc(S(=O)(=O)c2ccc([C@H](C)NS(N)(=O)=O)cc2)c(S(=O)(=O)c2ccc(Cl)cc2)c1. The van der Waals surface area contributed by atoms with Gasteiger partial charge < -0.3 is 4.74 Å². The Labute approximate surface area is 203 Å². The lowest BCUT2D eigenvalue weighted by atomic mass is 10.1. The van der Waals surface area contributed by atoms with Crippen LogP contribution in [0.4, 0.5) is 0 Å². The number of sulfone groups is 2. The molecule has 0 aliphatic heterocycles. The zero-order chi connectivity index (χ0) is 25.3. The van der Waals surface area contributed by atoms with Crippen LogP contribution in [0.1, 0.15) is 18.5 Å². The van der Waals surface area contributed by atoms with Crippen LogP contribution in [0.25, 0.3) is 0 Å². The lowest BCUT2D eigenvalue weighted by molar-refractivity contribution is 0.412. The van der Waals surface area contributed by atoms with Crippen LogP contribution in [0.3, 0.4) is 0 Å². The molecule has 0 aliphatic carbocycles. The highest BCUT2D eigenvalue weighted by Crippen LogP contribution is 2.34. The predicted molar refractivity (Wildman–Crippen MR) is 126 cm³/mol. The zero-order valence-electron chi connectivity index (χ0n) is 18.0. The van der Waals surface area contributed by atoms with Crippen LogP contribution in [0, 0.1) is 0 Å². The van der Waals surface area contributed by atoms with Crippen LogP contribution >= 0.6 is 11.6 Å². The van der Waals surface area contributed by atoms with Gasteiger partial charge in [0.15, 0.2) is 0 Å². The lowest BCUT2D eigenvalue weighted by Gasteiger charge is -2.15. The number of methoxy groups -OCH3 is 1. The van der Waals surface area contributed by atoms with Gasteiger partial charge in [-0.3, -0.25) is 0 Å². The van der Waals surface area contributed by atoms with Gasteiger partial charge in [-0.25, -0.2) is 22.0 Å². The molecule has 0 saturated heterocycles. The zero-order valence-corrected chi connectivity index (χ0v) is 21.2. The van der Waals surface area contributed by atoms with E-state index in [9.17, 15) is 25.3 Å². The average Bonchev–Trinajstić information content (AvgIpc) is 2.78. The molecule has 0 aliphatic rings. The Morgan fingerprint density at radius 3 is 1.79 bits per heavy atom. The van der Waals surface area contributed by atoms with Gasteiger partial charge in [-0.1, -0.05) is 23.7 Å². The summed E-state index contributed by atoms with van der Waals surface area (Å²) < 4.78 is 83.4. The Bertz CT molecular complexity index is 1520. The summed E-state index contributed by atoms with van der Waals surface area (Å²) in [6.45, 7) is 1.54. The van der Waals surface area contributed by atoms with Crippen LogP contribution in [-0.4, -0.2) is 32.4 Å². The minimum absolute atomic E-state index is 0.139. The standard InChI is InChI=1S/C21H21ClN2O7S3/c1-14(24-34(23,29)30)15-3-8-18(9-4-15)32(25,26)20-12-7-17(31-2)13-21(20)33(27,28)19-10-5-16(22)6-11-19/h3-14,24H,1-2H3,(H2,23,29,30)/t14-/m0/s1. The van der Waals surface area contributed by atoms with Crippen molar-refractivity contribution in [2.75, 3.05) is 7.11 Å². The highest BCUT2D eigenvalue weighted by atomic mass is 35.5. The van der Waals surface area contributed by atoms with Gasteiger partial charge in [0, 0.05) is 17.1 Å². The molecular formula is C21H21ClN2O7S3. The van der Waals surface area contributed by atoms with E-state index in [1.165, 1.54) is 68.6 Å². The molecule has 0 saturated carbocycles. The third kappa shape index (κ3) is 5.59. The number of halogens is 1. The van der Waals surface area contributed by atoms with Crippen LogP contribution in [-0.2, 0) is 29.9 Å². The van der Waals surface area contributed by atoms with Crippen molar-refractivity contribution in [2.24, 2.45) is 5.14 Å². The van der Waals surface area contributed by atoms with Crippen molar-refractivity contribution in [2.45, 2.75) is 32.5 Å². The second-order valence-corrected chi connectivity index (χ2v) is 12.8. The molecule has 3 N–H and O–H groups in total. The smallest absolute Gasteiger partial charge is 0.274 e. The van der Waals surface area contributed by atoms with Crippen molar-refractivity contribution in [3.05, 3.63) is 77.3 Å². The highest BCUT2D eigenvalue weighted by molar-refractivity contribution is 7.94. The van der Waals surface area contributed by atoms with Crippen molar-refractivity contribution in [3.8, 4) is 5.75 Å². The van der Waals surface area contributed by atoms with E-state index in [1.54, 1.807) is 0 Å². The minimum Gasteiger partial charge on any atom is -0.497 e. The van der Waals surface area contributed by atoms with Gasteiger partial charge in [0.1, 0.15) is 5.75 Å². The molecule has 0 aromatic heterocycles. The van der Waals surface area contributed by atoms with E-state index in [0.717, 1.165) is 12.1 Å². The fraction of sp³-hybridized carbons (Fsp3) is 0.143. The van der Waals surface area contributed by atoms with E-state index in [0.29, 0.717) is 10.6 Å². The largest absolute Gasteiger partial charge is 0.497 e. The second-order valence-electron chi connectivity index (χ2n) is 7.23. The van der Waals surface area contributed by atoms with E-state index in [1.807, 2.05) is 0 Å². The van der Waals surface area contributed by atoms with E-state index < -0.39 is 45.7 Å². The molecule has 0 bridgehead atoms. The van der Waals surface area contributed by atoms with E-state index >= 15 is 0 Å². The van der Waals surface area contributed by atoms with Gasteiger partial charge in [0.25, 0.3) is 10.2 Å². The summed E-state index contributed by atoms with van der Waals surface area (Å²) in [5, 5.41) is 5.30. The molecule has 34 heavy (non-hydrogen) atoms. The van der Waals surface area contributed by atoms with Crippen molar-refractivity contribution in [1.82, 2.24) is 4.72 Å². The van der Waals surface area contributed by atoms with Crippen LogP contribution in [0.5, 0.6) is 5.75 Å². The van der Waals surface area contributed by atoms with Gasteiger partial charge in [-0.15, -0.1) is 0 Å². The first kappa shape index (κ1) is 26.1. The fourth-order valence-electron chi connectivity index (χ4n) is 3.17. The summed E-state index contributed by atoms with van der Waals surface area (Å²) >= 11 is 5.85. The Balaban J connectivity index is 2.11. The Hall–Kier alpha value is -2.48. The number of hydrogen-bond acceptors (Lipinski definition) is 7. The third-order valence-corrected chi connectivity index (χ3v) is 9.59. The van der Waals surface area contributed by atoms with Crippen molar-refractivity contribution in [1.29, 1.82) is 0 Å². The normalized spacial score (nSPS) is 13.4. The van der Waals surface area contributed by atoms with Gasteiger partial charge in [-0.05, 0) is 61.0 Å². The van der Waals surface area contributed by atoms with Crippen LogP contribution < -0.4 is 14.6 Å². The van der Waals surface area contributed by atoms with E-state index in [4.69, 9.17) is 21.5 Å². The molecule has 0 fully saturated rings. The number of hydrogen-bond donors (Lipinski definition) is 2. The first-order chi connectivity index (χ1) is 15.8. The summed E-state index contributed by atoms with van der Waals surface area (Å²) in [6.07, 6.45) is 0. The first-order valence-electron chi connectivity index (χ1n) is 9.59. The van der Waals surface area contributed by atoms with E-state index in [2.05, 4.69) is 4.72 Å². The molecule has 0 radical (unpaired) electrons. The number of ether oxygens (including phenoxy) is 1. The molecule has 3 aromatic rings. The summed E-state index contributed by atoms with van der Waals surface area (Å²) in [5.41, 5.74) is 0.455. The van der Waals surface area contributed by atoms with Crippen molar-refractivity contribution in [3.63, 3.8) is 0 Å². The number of nitrogens with one attached hydrogen (secondary N) is 1. The molecule has 3 rings (SSSR count). The number of nitrogens with two attached hydrogens (primary N) is 1. The summed E-state index contributed by atoms with van der Waals surface area (Å²) in [7, 11) is -11.2. The predicted octanol–water partition coefficient (Wildman–Crippen LogP) is 2.87. The molecule has 0 spiro atoms. The highest BCUT2D eigenvalue weighted by Gasteiger charge is 2.30. The lowest BCUT2D eigenvalue weighted by Crippen LogP contribution is -2.32. The first-order valence-corrected chi connectivity index (χ1v) is 14.5. The molecule has 0 amide bonds. The van der Waals surface area contributed by atoms with Crippen LogP contribution in [0.15, 0.2) is 86.3 Å². The molecule has 0 heterocycles. The number of benzene rings is 3. The molecule has 9 nitrogen and oxygen atoms in total. The molecule has 3 aromatic carbocycles. The van der Waals surface area contributed by atoms with E-state index in [-0.39, 0.29) is 15.5 Å². The van der Waals surface area contributed by atoms with Crippen molar-refractivity contribution < 1.29 is 30.0 Å². The second kappa shape index (κ2) is 9.64. The van der Waals surface area contributed by atoms with Gasteiger partial charge in [-0.2, -0.15) is 13.1 Å². The maximum atomic E-state index is 13.4. The Morgan fingerprint density at radius 2 is 1.29 bits per heavy atom. The molecule has 1 atom stereocenters. The van der Waals surface area contributed by atoms with Crippen LogP contribution in [0.2, 0.25) is 5.02 Å². The Kier molecular flexibility index (Phi) is 7.41. The third-order valence-electron chi connectivity index (χ3n) is 4.89. The van der Waals surface area contributed by atoms with Gasteiger partial charge in [0.2, 0.25) is 19.7 Å². The molecular weight excluding hydrogens is 524 g/mol.